The van der Waals surface area contributed by atoms with Gasteiger partial charge in [-0.05, 0) is 5.92 Å². The van der Waals surface area contributed by atoms with E-state index in [0.717, 1.165) is 12.1 Å². The van der Waals surface area contributed by atoms with Crippen molar-refractivity contribution in [2.45, 2.75) is 20.0 Å². The van der Waals surface area contributed by atoms with Gasteiger partial charge in [-0.3, -0.25) is 20.2 Å². The molecule has 1 rings (SSSR count). The van der Waals surface area contributed by atoms with E-state index in [1.54, 1.807) is 19.2 Å². The van der Waals surface area contributed by atoms with E-state index >= 15 is 0 Å². The number of urea groups is 1. The summed E-state index contributed by atoms with van der Waals surface area (Å²) in [6.07, 6.45) is -1.39. The van der Waals surface area contributed by atoms with Crippen molar-refractivity contribution in [3.63, 3.8) is 0 Å². The maximum absolute atomic E-state index is 12.4. The normalized spacial score (nSPS) is 11.4. The molecule has 0 spiro atoms. The smallest absolute Gasteiger partial charge is 0.346 e. The molecule has 1 aromatic carbocycles. The van der Waals surface area contributed by atoms with Gasteiger partial charge < -0.3 is 19.9 Å². The van der Waals surface area contributed by atoms with Gasteiger partial charge in [0.1, 0.15) is 5.56 Å². The number of amides is 3. The second-order valence-corrected chi connectivity index (χ2v) is 5.40. The maximum Gasteiger partial charge on any atom is 0.346 e. The highest BCUT2D eigenvalue weighted by Gasteiger charge is 2.32. The van der Waals surface area contributed by atoms with Crippen LogP contribution in [0.1, 0.15) is 24.2 Å². The minimum absolute atomic E-state index is 0.0441. The second-order valence-electron chi connectivity index (χ2n) is 5.40. The molecule has 11 nitrogen and oxygen atoms in total. The first kappa shape index (κ1) is 20.7. The zero-order valence-electron chi connectivity index (χ0n) is 14.6. The summed E-state index contributed by atoms with van der Waals surface area (Å²) in [4.78, 5) is 45.6. The summed E-state index contributed by atoms with van der Waals surface area (Å²) < 4.78 is 15.0. The highest BCUT2D eigenvalue weighted by Crippen LogP contribution is 2.35. The maximum atomic E-state index is 12.4. The van der Waals surface area contributed by atoms with Gasteiger partial charge in [-0.1, -0.05) is 13.8 Å². The van der Waals surface area contributed by atoms with Crippen LogP contribution >= 0.6 is 0 Å². The van der Waals surface area contributed by atoms with Gasteiger partial charge in [0, 0.05) is 6.07 Å². The summed E-state index contributed by atoms with van der Waals surface area (Å²) in [5.74, 6) is -2.51. The lowest BCUT2D eigenvalue weighted by molar-refractivity contribution is -0.385. The van der Waals surface area contributed by atoms with Crippen LogP contribution in [0.15, 0.2) is 12.1 Å². The van der Waals surface area contributed by atoms with Crippen LogP contribution in [0.4, 0.5) is 10.5 Å². The lowest BCUT2D eigenvalue weighted by Gasteiger charge is -2.20. The molecule has 0 aliphatic rings. The highest BCUT2D eigenvalue weighted by atomic mass is 16.6. The van der Waals surface area contributed by atoms with Gasteiger partial charge in [-0.15, -0.1) is 0 Å². The summed E-state index contributed by atoms with van der Waals surface area (Å²) in [6, 6.07) is 0.959. The quantitative estimate of drug-likeness (QED) is 0.408. The number of esters is 1. The van der Waals surface area contributed by atoms with Crippen molar-refractivity contribution in [3.8, 4) is 11.5 Å². The minimum atomic E-state index is -1.39. The first-order chi connectivity index (χ1) is 12.1. The molecule has 0 saturated carbocycles. The van der Waals surface area contributed by atoms with Crippen molar-refractivity contribution in [2.24, 2.45) is 11.7 Å². The molecule has 26 heavy (non-hydrogen) atoms. The van der Waals surface area contributed by atoms with Crippen molar-refractivity contribution < 1.29 is 33.5 Å². The van der Waals surface area contributed by atoms with Gasteiger partial charge in [0.2, 0.25) is 0 Å². The van der Waals surface area contributed by atoms with Crippen LogP contribution < -0.4 is 20.5 Å². The van der Waals surface area contributed by atoms with E-state index in [-0.39, 0.29) is 11.5 Å². The molecule has 0 saturated heterocycles. The Morgan fingerprint density at radius 1 is 1.15 bits per heavy atom. The number of rotatable bonds is 7. The Kier molecular flexibility index (Phi) is 6.88. The number of ether oxygens (including phenoxy) is 3. The molecule has 0 aliphatic carbocycles. The number of carbonyl (C=O) groups excluding carboxylic acids is 3. The fourth-order valence-corrected chi connectivity index (χ4v) is 2.05. The molecule has 11 heteroatoms. The van der Waals surface area contributed by atoms with E-state index < -0.39 is 46.1 Å². The average molecular weight is 369 g/mol. The van der Waals surface area contributed by atoms with Crippen LogP contribution in [0, 0.1) is 16.0 Å². The summed E-state index contributed by atoms with van der Waals surface area (Å²) in [7, 11) is 2.57. The Labute approximate surface area is 148 Å². The zero-order chi connectivity index (χ0) is 20.0. The van der Waals surface area contributed by atoms with Crippen molar-refractivity contribution in [1.82, 2.24) is 5.32 Å². The monoisotopic (exact) mass is 369 g/mol. The summed E-state index contributed by atoms with van der Waals surface area (Å²) in [6.45, 7) is 3.11. The Morgan fingerprint density at radius 2 is 1.69 bits per heavy atom. The molecule has 3 N–H and O–H groups in total. The molecule has 0 aliphatic heterocycles. The number of nitro groups is 1. The lowest BCUT2D eigenvalue weighted by atomic mass is 10.1. The fourth-order valence-electron chi connectivity index (χ4n) is 2.05. The number of hydrogen-bond acceptors (Lipinski definition) is 8. The molecule has 0 bridgehead atoms. The average Bonchev–Trinajstić information content (AvgIpc) is 2.56. The Bertz CT molecular complexity index is 732. The van der Waals surface area contributed by atoms with Crippen LogP contribution in [0.2, 0.25) is 0 Å². The predicted octanol–water partition coefficient (Wildman–Crippen LogP) is 0.988. The number of hydrogen-bond donors (Lipinski definition) is 2. The Balaban J connectivity index is 3.27. The van der Waals surface area contributed by atoms with E-state index in [1.807, 2.05) is 0 Å². The molecule has 1 unspecified atom stereocenters. The molecule has 3 amide bonds. The molecule has 1 aromatic rings. The van der Waals surface area contributed by atoms with Crippen LogP contribution in [0.5, 0.6) is 11.5 Å². The van der Waals surface area contributed by atoms with Gasteiger partial charge in [0.15, 0.2) is 17.6 Å². The van der Waals surface area contributed by atoms with Gasteiger partial charge in [0.05, 0.1) is 25.2 Å². The topological polar surface area (TPSA) is 160 Å². The van der Waals surface area contributed by atoms with Crippen LogP contribution in [-0.2, 0) is 9.53 Å². The third kappa shape index (κ3) is 4.82. The molecule has 0 radical (unpaired) electrons. The van der Waals surface area contributed by atoms with Gasteiger partial charge in [-0.25, -0.2) is 9.59 Å². The first-order valence-electron chi connectivity index (χ1n) is 7.34. The molecular weight excluding hydrogens is 350 g/mol. The molecule has 1 atom stereocenters. The highest BCUT2D eigenvalue weighted by molar-refractivity contribution is 5.99. The number of nitrogens with two attached hydrogens (primary N) is 1. The molecule has 142 valence electrons. The Morgan fingerprint density at radius 3 is 2.12 bits per heavy atom. The standard InChI is InChI=1S/C15H19N3O8/c1-7(2)12(13(19)17-15(16)21)26-14(20)8-5-10(24-3)11(25-4)6-9(8)18(22)23/h5-7,12H,1-4H3,(H3,16,17,19,21). The summed E-state index contributed by atoms with van der Waals surface area (Å²) in [5.41, 5.74) is 3.84. The molecular formula is C15H19N3O8. The van der Waals surface area contributed by atoms with E-state index in [9.17, 15) is 24.5 Å². The van der Waals surface area contributed by atoms with Crippen molar-refractivity contribution in [2.75, 3.05) is 14.2 Å². The van der Waals surface area contributed by atoms with E-state index in [1.165, 1.54) is 14.2 Å². The molecule has 0 heterocycles. The van der Waals surface area contributed by atoms with E-state index in [2.05, 4.69) is 0 Å². The third-order valence-electron chi connectivity index (χ3n) is 3.26. The molecule has 0 fully saturated rings. The summed E-state index contributed by atoms with van der Waals surface area (Å²) >= 11 is 0. The minimum Gasteiger partial charge on any atom is -0.493 e. The SMILES string of the molecule is COc1cc(C(=O)OC(C(=O)NC(N)=O)C(C)C)c([N+](=O)[O-])cc1OC. The zero-order valence-corrected chi connectivity index (χ0v) is 14.6. The number of primary amides is 1. The van der Waals surface area contributed by atoms with Crippen LogP contribution in [0.3, 0.4) is 0 Å². The third-order valence-corrected chi connectivity index (χ3v) is 3.26. The van der Waals surface area contributed by atoms with Crippen LogP contribution in [0.25, 0.3) is 0 Å². The van der Waals surface area contributed by atoms with Crippen molar-refractivity contribution >= 4 is 23.6 Å². The van der Waals surface area contributed by atoms with Gasteiger partial charge in [0.25, 0.3) is 11.6 Å². The number of methoxy groups -OCH3 is 2. The number of benzene rings is 1. The number of carbonyl (C=O) groups is 3. The number of nitrogens with zero attached hydrogens (tertiary/aromatic N) is 1. The fraction of sp³-hybridized carbons (Fsp3) is 0.400. The number of imide groups is 1. The largest absolute Gasteiger partial charge is 0.493 e. The predicted molar refractivity (Wildman–Crippen MR) is 88.0 cm³/mol. The van der Waals surface area contributed by atoms with E-state index in [0.29, 0.717) is 0 Å². The summed E-state index contributed by atoms with van der Waals surface area (Å²) in [5, 5.41) is 13.1. The van der Waals surface area contributed by atoms with Crippen molar-refractivity contribution in [1.29, 1.82) is 0 Å². The second kappa shape index (κ2) is 8.65. The number of nitrogens with one attached hydrogen (secondary N) is 1. The van der Waals surface area contributed by atoms with Crippen LogP contribution in [-0.4, -0.2) is 43.2 Å². The molecule has 0 aromatic heterocycles. The Hall–Kier alpha value is -3.37. The lowest BCUT2D eigenvalue weighted by Crippen LogP contribution is -2.45. The number of nitro benzene ring substituents is 1. The van der Waals surface area contributed by atoms with Gasteiger partial charge >= 0.3 is 12.0 Å². The van der Waals surface area contributed by atoms with Crippen molar-refractivity contribution in [3.05, 3.63) is 27.8 Å². The van der Waals surface area contributed by atoms with E-state index in [4.69, 9.17) is 19.9 Å². The first-order valence-corrected chi connectivity index (χ1v) is 7.34. The van der Waals surface area contributed by atoms with Gasteiger partial charge in [-0.2, -0.15) is 0 Å².